The molecule has 0 aromatic rings. The monoisotopic (exact) mass is 281 g/mol. The molecule has 0 bridgehead atoms. The summed E-state index contributed by atoms with van der Waals surface area (Å²) in [6.07, 6.45) is 10.0. The van der Waals surface area contributed by atoms with E-state index in [2.05, 4.69) is 32.9 Å². The van der Waals surface area contributed by atoms with Crippen LogP contribution in [-0.2, 0) is 0 Å². The van der Waals surface area contributed by atoms with Crippen molar-refractivity contribution in [3.8, 4) is 0 Å². The van der Waals surface area contributed by atoms with Gasteiger partial charge in [0, 0.05) is 35.5 Å². The van der Waals surface area contributed by atoms with Gasteiger partial charge in [-0.15, -0.1) is 0 Å². The van der Waals surface area contributed by atoms with Crippen LogP contribution >= 0.6 is 22.9 Å². The van der Waals surface area contributed by atoms with Gasteiger partial charge in [0.2, 0.25) is 0 Å². The normalized spacial score (nSPS) is 30.0. The average molecular weight is 281 g/mol. The minimum atomic E-state index is 0.795. The maximum absolute atomic E-state index is 2.49. The molecule has 1 nitrogen and oxygen atoms in total. The molecule has 0 radical (unpaired) electrons. The highest BCUT2D eigenvalue weighted by Gasteiger charge is 2.10. The zero-order valence-corrected chi connectivity index (χ0v) is 10.2. The summed E-state index contributed by atoms with van der Waals surface area (Å²) in [5.41, 5.74) is 0. The van der Waals surface area contributed by atoms with Gasteiger partial charge >= 0.3 is 0 Å². The Morgan fingerprint density at radius 2 is 1.58 bits per heavy atom. The molecule has 1 rings (SSSR count). The third kappa shape index (κ3) is 4.08. The zero-order chi connectivity index (χ0) is 8.81. The molecule has 0 unspecified atom stereocenters. The molecule has 1 aliphatic heterocycles. The maximum Gasteiger partial charge on any atom is 0.0204 e. The van der Waals surface area contributed by atoms with E-state index in [1.165, 1.54) is 51.5 Å². The third-order valence-corrected chi connectivity index (χ3v) is 4.16. The smallest absolute Gasteiger partial charge is 0.0204 e. The molecule has 0 aromatic heterocycles. The number of nitrogens with zero attached hydrogens (tertiary/aromatic N) is 1. The summed E-state index contributed by atoms with van der Waals surface area (Å²) in [6.45, 7) is 3.65. The molecule has 1 atom stereocenters. The molecule has 72 valence electrons. The van der Waals surface area contributed by atoms with Crippen LogP contribution in [0.5, 0.6) is 0 Å². The van der Waals surface area contributed by atoms with E-state index in [0.717, 1.165) is 6.04 Å². The van der Waals surface area contributed by atoms with Crippen molar-refractivity contribution in [2.45, 2.75) is 57.9 Å². The van der Waals surface area contributed by atoms with E-state index in [0.29, 0.717) is 0 Å². The Hall–Kier alpha value is 0.690. The van der Waals surface area contributed by atoms with Crippen molar-refractivity contribution in [3.63, 3.8) is 0 Å². The second-order valence-corrected chi connectivity index (χ2v) is 5.12. The minimum Gasteiger partial charge on any atom is -0.245 e. The van der Waals surface area contributed by atoms with Crippen LogP contribution < -0.4 is 0 Å². The van der Waals surface area contributed by atoms with Crippen molar-refractivity contribution < 1.29 is 0 Å². The largest absolute Gasteiger partial charge is 0.245 e. The third-order valence-electron chi connectivity index (χ3n) is 2.72. The first kappa shape index (κ1) is 10.8. The number of halogens is 1. The van der Waals surface area contributed by atoms with E-state index in [-0.39, 0.29) is 0 Å². The first-order valence-electron chi connectivity index (χ1n) is 5.23. The van der Waals surface area contributed by atoms with Crippen LogP contribution in [-0.4, -0.2) is 15.7 Å². The molecule has 1 saturated heterocycles. The SMILES string of the molecule is C[C@@H]1CCCCCCCCN1I. The molecule has 12 heavy (non-hydrogen) atoms. The second-order valence-electron chi connectivity index (χ2n) is 3.88. The molecule has 0 spiro atoms. The highest BCUT2D eigenvalue weighted by atomic mass is 127. The number of rotatable bonds is 0. The van der Waals surface area contributed by atoms with Gasteiger partial charge in [-0.05, 0) is 19.8 Å². The van der Waals surface area contributed by atoms with Crippen LogP contribution in [0.4, 0.5) is 0 Å². The van der Waals surface area contributed by atoms with Gasteiger partial charge in [0.15, 0.2) is 0 Å². The molecule has 0 N–H and O–H groups in total. The summed E-state index contributed by atoms with van der Waals surface area (Å²) in [6, 6.07) is 0.795. The van der Waals surface area contributed by atoms with Crippen molar-refractivity contribution in [2.75, 3.05) is 6.54 Å². The lowest BCUT2D eigenvalue weighted by molar-refractivity contribution is 0.350. The van der Waals surface area contributed by atoms with Crippen LogP contribution in [0.25, 0.3) is 0 Å². The first-order chi connectivity index (χ1) is 5.80. The van der Waals surface area contributed by atoms with Crippen LogP contribution in [0, 0.1) is 0 Å². The summed E-state index contributed by atoms with van der Waals surface area (Å²) in [5, 5.41) is 0. The second kappa shape index (κ2) is 6.19. The molecule has 1 heterocycles. The van der Waals surface area contributed by atoms with Gasteiger partial charge in [-0.3, -0.25) is 0 Å². The molecule has 1 fully saturated rings. The Morgan fingerprint density at radius 1 is 1.00 bits per heavy atom. The van der Waals surface area contributed by atoms with Crippen molar-refractivity contribution in [2.24, 2.45) is 0 Å². The number of hydrogen-bond donors (Lipinski definition) is 0. The van der Waals surface area contributed by atoms with Gasteiger partial charge in [-0.1, -0.05) is 32.1 Å². The van der Waals surface area contributed by atoms with Crippen molar-refractivity contribution >= 4 is 22.9 Å². The van der Waals surface area contributed by atoms with Crippen LogP contribution in [0.15, 0.2) is 0 Å². The Morgan fingerprint density at radius 3 is 2.33 bits per heavy atom. The quantitative estimate of drug-likeness (QED) is 0.482. The van der Waals surface area contributed by atoms with Crippen LogP contribution in [0.3, 0.4) is 0 Å². The molecule has 0 amide bonds. The highest BCUT2D eigenvalue weighted by molar-refractivity contribution is 14.1. The summed E-state index contributed by atoms with van der Waals surface area (Å²) in [4.78, 5) is 0. The first-order valence-corrected chi connectivity index (χ1v) is 6.19. The average Bonchev–Trinajstić information content (AvgIpc) is 2.08. The van der Waals surface area contributed by atoms with Crippen molar-refractivity contribution in [1.29, 1.82) is 0 Å². The fourth-order valence-electron chi connectivity index (χ4n) is 1.77. The Balaban J connectivity index is 2.26. The lowest BCUT2D eigenvalue weighted by Crippen LogP contribution is -2.24. The van der Waals surface area contributed by atoms with Gasteiger partial charge in [-0.25, -0.2) is 3.11 Å². The van der Waals surface area contributed by atoms with Gasteiger partial charge in [0.1, 0.15) is 0 Å². The lowest BCUT2D eigenvalue weighted by atomic mass is 10.0. The molecule has 0 saturated carbocycles. The van der Waals surface area contributed by atoms with E-state index >= 15 is 0 Å². The van der Waals surface area contributed by atoms with Gasteiger partial charge in [0.25, 0.3) is 0 Å². The Labute approximate surface area is 90.4 Å². The van der Waals surface area contributed by atoms with E-state index in [4.69, 9.17) is 0 Å². The van der Waals surface area contributed by atoms with Crippen molar-refractivity contribution in [3.05, 3.63) is 0 Å². The topological polar surface area (TPSA) is 3.24 Å². The van der Waals surface area contributed by atoms with Gasteiger partial charge in [-0.2, -0.15) is 0 Å². The van der Waals surface area contributed by atoms with E-state index < -0.39 is 0 Å². The van der Waals surface area contributed by atoms with E-state index in [1.807, 2.05) is 0 Å². The summed E-state index contributed by atoms with van der Waals surface area (Å²) in [5.74, 6) is 0. The molecular weight excluding hydrogens is 261 g/mol. The van der Waals surface area contributed by atoms with Crippen LogP contribution in [0.2, 0.25) is 0 Å². The minimum absolute atomic E-state index is 0.795. The standard InChI is InChI=1S/C10H20IN/c1-10-8-6-4-2-3-5-7-9-12(10)11/h10H,2-9H2,1H3/t10-/m1/s1. The molecule has 1 aliphatic rings. The molecule has 0 aliphatic carbocycles. The number of hydrogen-bond acceptors (Lipinski definition) is 1. The summed E-state index contributed by atoms with van der Waals surface area (Å²) in [7, 11) is 0. The summed E-state index contributed by atoms with van der Waals surface area (Å²) >= 11 is 2.49. The molecule has 2 heteroatoms. The van der Waals surface area contributed by atoms with E-state index in [1.54, 1.807) is 0 Å². The fraction of sp³-hybridized carbons (Fsp3) is 1.00. The predicted octanol–water partition coefficient (Wildman–Crippen LogP) is 3.77. The molecular formula is C10H20IN. The predicted molar refractivity (Wildman–Crippen MR) is 62.5 cm³/mol. The lowest BCUT2D eigenvalue weighted by Gasteiger charge is -2.23. The summed E-state index contributed by atoms with van der Waals surface area (Å²) < 4.78 is 2.49. The Bertz CT molecular complexity index is 102. The molecule has 0 aromatic carbocycles. The van der Waals surface area contributed by atoms with Crippen LogP contribution in [0.1, 0.15) is 51.9 Å². The van der Waals surface area contributed by atoms with Gasteiger partial charge in [0.05, 0.1) is 0 Å². The Kier molecular flexibility index (Phi) is 5.56. The van der Waals surface area contributed by atoms with Crippen molar-refractivity contribution in [1.82, 2.24) is 3.11 Å². The van der Waals surface area contributed by atoms with E-state index in [9.17, 15) is 0 Å². The maximum atomic E-state index is 2.49. The van der Waals surface area contributed by atoms with Gasteiger partial charge < -0.3 is 0 Å². The fourth-order valence-corrected chi connectivity index (χ4v) is 2.39. The zero-order valence-electron chi connectivity index (χ0n) is 8.06. The highest BCUT2D eigenvalue weighted by Crippen LogP contribution is 2.18.